The number of para-hydroxylation sites is 3. The molecule has 0 saturated carbocycles. The largest absolute Gasteiger partial charge is 0.510 e. The summed E-state index contributed by atoms with van der Waals surface area (Å²) in [5.41, 5.74) is 7.29. The van der Waals surface area contributed by atoms with Crippen molar-refractivity contribution in [2.24, 2.45) is 0 Å². The van der Waals surface area contributed by atoms with Crippen LogP contribution in [-0.4, -0.2) is 14.1 Å². The zero-order valence-electron chi connectivity index (χ0n) is 47.0. The number of rotatable bonds is 7. The monoisotopic (exact) mass is 1040 g/mol. The van der Waals surface area contributed by atoms with E-state index in [2.05, 4.69) is 102 Å². The molecule has 3 aromatic heterocycles. The molecule has 7 aromatic carbocycles. The minimum absolute atomic E-state index is 0. The second-order valence-corrected chi connectivity index (χ2v) is 18.9. The molecule has 324 valence electrons. The van der Waals surface area contributed by atoms with E-state index in [9.17, 15) is 0 Å². The predicted octanol–water partition coefficient (Wildman–Crippen LogP) is 14.2. The van der Waals surface area contributed by atoms with Crippen molar-refractivity contribution in [2.45, 2.75) is 71.1 Å². The van der Waals surface area contributed by atoms with Gasteiger partial charge >= 0.3 is 0 Å². The van der Waals surface area contributed by atoms with Gasteiger partial charge in [0, 0.05) is 44.3 Å². The van der Waals surface area contributed by atoms with Crippen molar-refractivity contribution in [1.29, 1.82) is 0 Å². The fraction of sp³-hybridized carbons (Fsp3) is 0.186. The maximum Gasteiger partial charge on any atom is 0.268 e. The van der Waals surface area contributed by atoms with Crippen molar-refractivity contribution in [3.05, 3.63) is 199 Å². The summed E-state index contributed by atoms with van der Waals surface area (Å²) in [4.78, 5) is 5.00. The molecule has 0 atom stereocenters. The zero-order chi connectivity index (χ0) is 52.7. The number of fused-ring (bicyclic) bond motifs is 6. The molecule has 0 bridgehead atoms. The third-order valence-electron chi connectivity index (χ3n) is 12.5. The topological polar surface area (TPSA) is 35.9 Å². The van der Waals surface area contributed by atoms with Crippen LogP contribution in [0.25, 0.3) is 72.3 Å². The Morgan fingerprint density at radius 2 is 1.37 bits per heavy atom. The summed E-state index contributed by atoms with van der Waals surface area (Å²) in [7, 11) is 0. The van der Waals surface area contributed by atoms with Gasteiger partial charge in [0.15, 0.2) is 0 Å². The third-order valence-corrected chi connectivity index (χ3v) is 12.5. The quantitative estimate of drug-likeness (QED) is 0.118. The van der Waals surface area contributed by atoms with Crippen LogP contribution < -0.4 is 9.30 Å². The summed E-state index contributed by atoms with van der Waals surface area (Å²) in [6.07, 6.45) is 6.30. The standard InChI is InChI=1S/C59H50N4O.Pt/c1-57(2,3)41-32-33-60-53(34-41)63-52-36-44(28-29-47(52)48-30-31-49-54(56(48)63)59(6,7)37-58(49,4)5)64-43-23-16-22-42(35-43)61-38-62(51-27-15-14-26-50(51)61)55-45(39-18-10-8-11-19-39)24-17-25-46(55)40-20-12-9-13-21-40;/h8-34H,37H2,1-7H3;/q-2;/i8D,9D,10D,11D,12D,13D,18D,19D,20D,21D;. The number of hydrogen-bond donors (Lipinski definition) is 0. The van der Waals surface area contributed by atoms with E-state index in [1.54, 1.807) is 33.4 Å². The van der Waals surface area contributed by atoms with Crippen LogP contribution in [0.5, 0.6) is 11.5 Å². The Bertz CT molecular complexity index is 3900. The molecule has 0 amide bonds. The Labute approximate surface area is 410 Å². The van der Waals surface area contributed by atoms with Gasteiger partial charge in [-0.1, -0.05) is 169 Å². The molecule has 0 unspecified atom stereocenters. The number of pyridine rings is 1. The van der Waals surface area contributed by atoms with Crippen LogP contribution in [-0.2, 0) is 37.3 Å². The van der Waals surface area contributed by atoms with Crippen LogP contribution >= 0.6 is 0 Å². The maximum atomic E-state index is 9.04. The second kappa shape index (κ2) is 15.9. The van der Waals surface area contributed by atoms with Crippen LogP contribution in [0.2, 0.25) is 0 Å². The van der Waals surface area contributed by atoms with Crippen molar-refractivity contribution in [3.63, 3.8) is 0 Å². The molecular formula is C59H50N4OPt-2. The van der Waals surface area contributed by atoms with Crippen LogP contribution in [0.4, 0.5) is 0 Å². The van der Waals surface area contributed by atoms with Gasteiger partial charge < -0.3 is 13.9 Å². The van der Waals surface area contributed by atoms with E-state index in [1.165, 1.54) is 11.1 Å². The van der Waals surface area contributed by atoms with Crippen LogP contribution in [0.1, 0.15) is 85.3 Å². The van der Waals surface area contributed by atoms with E-state index in [-0.39, 0.29) is 65.3 Å². The number of benzene rings is 7. The fourth-order valence-corrected chi connectivity index (χ4v) is 9.95. The van der Waals surface area contributed by atoms with Gasteiger partial charge in [0.1, 0.15) is 5.82 Å². The van der Waals surface area contributed by atoms with Gasteiger partial charge in [-0.2, -0.15) is 18.2 Å². The van der Waals surface area contributed by atoms with Gasteiger partial charge in [0.2, 0.25) is 0 Å². The summed E-state index contributed by atoms with van der Waals surface area (Å²) >= 11 is 0. The molecule has 11 rings (SSSR count). The number of hydrogen-bond acceptors (Lipinski definition) is 2. The van der Waals surface area contributed by atoms with Gasteiger partial charge in [-0.15, -0.1) is 29.7 Å². The van der Waals surface area contributed by atoms with Crippen LogP contribution in [0.15, 0.2) is 164 Å². The Morgan fingerprint density at radius 1 is 0.708 bits per heavy atom. The molecule has 1 aliphatic carbocycles. The molecule has 0 aliphatic heterocycles. The first-order valence-electron chi connectivity index (χ1n) is 26.4. The van der Waals surface area contributed by atoms with E-state index >= 15 is 0 Å². The normalized spacial score (nSPS) is 16.3. The van der Waals surface area contributed by atoms with Gasteiger partial charge in [0.05, 0.1) is 30.4 Å². The molecule has 0 spiro atoms. The molecular weight excluding hydrogens is 976 g/mol. The first-order chi connectivity index (χ1) is 35.0. The zero-order valence-corrected chi connectivity index (χ0v) is 39.3. The molecule has 65 heavy (non-hydrogen) atoms. The molecule has 5 nitrogen and oxygen atoms in total. The first-order valence-corrected chi connectivity index (χ1v) is 21.4. The molecule has 1 aliphatic rings. The summed E-state index contributed by atoms with van der Waals surface area (Å²) in [6, 6.07) is 32.2. The van der Waals surface area contributed by atoms with Crippen molar-refractivity contribution in [3.8, 4) is 50.9 Å². The van der Waals surface area contributed by atoms with Crippen LogP contribution in [0, 0.1) is 18.5 Å². The minimum Gasteiger partial charge on any atom is -0.510 e. The Morgan fingerprint density at radius 3 is 2.08 bits per heavy atom. The molecule has 0 saturated heterocycles. The van der Waals surface area contributed by atoms with Crippen molar-refractivity contribution in [2.75, 3.05) is 0 Å². The van der Waals surface area contributed by atoms with Crippen molar-refractivity contribution in [1.82, 2.24) is 14.1 Å². The van der Waals surface area contributed by atoms with E-state index in [0.29, 0.717) is 28.2 Å². The average Bonchev–Trinajstić information content (AvgIpc) is 4.03. The summed E-state index contributed by atoms with van der Waals surface area (Å²) in [5.74, 6) is 1.61. The van der Waals surface area contributed by atoms with Gasteiger partial charge in [-0.25, -0.2) is 4.98 Å². The smallest absolute Gasteiger partial charge is 0.268 e. The second-order valence-electron chi connectivity index (χ2n) is 18.9. The molecule has 0 fully saturated rings. The molecule has 0 N–H and O–H groups in total. The average molecular weight is 1040 g/mol. The van der Waals surface area contributed by atoms with E-state index in [4.69, 9.17) is 23.4 Å². The molecule has 0 radical (unpaired) electrons. The van der Waals surface area contributed by atoms with Gasteiger partial charge in [0.25, 0.3) is 6.33 Å². The molecule has 3 heterocycles. The van der Waals surface area contributed by atoms with Crippen molar-refractivity contribution < 1.29 is 44.1 Å². The summed E-state index contributed by atoms with van der Waals surface area (Å²) in [6.45, 7) is 15.9. The van der Waals surface area contributed by atoms with E-state index in [0.717, 1.165) is 39.6 Å². The fourth-order valence-electron chi connectivity index (χ4n) is 9.95. The van der Waals surface area contributed by atoms with Gasteiger partial charge in [-0.3, -0.25) is 4.57 Å². The molecule has 6 heteroatoms. The Kier molecular flexibility index (Phi) is 7.84. The maximum absolute atomic E-state index is 9.04. The van der Waals surface area contributed by atoms with Crippen molar-refractivity contribution >= 4 is 32.8 Å². The predicted molar refractivity (Wildman–Crippen MR) is 260 cm³/mol. The van der Waals surface area contributed by atoms with Gasteiger partial charge in [-0.05, 0) is 84.8 Å². The SMILES string of the molecule is [2H]c1c([2H])c([2H])c(-c2cccc(-c3c([2H])c([2H])c([2H])c([2H])c3[2H])c2-[n+]2[c-]n(-c3[c-]c(Oc4[c-]c5c(cc4)c4ccc6c(c4n5-c4cc(C(C)(C)C)ccn4)C(C)(C)CC6(C)C)ccc3)c3ccccc32)c([2H])c1[2H].[Pt]. The first kappa shape index (κ1) is 32.2. The number of aromatic nitrogens is 4. The minimum atomic E-state index is -0.570. The number of imidazole rings is 1. The molecule has 10 aromatic rings. The number of ether oxygens (including phenoxy) is 1. The summed E-state index contributed by atoms with van der Waals surface area (Å²) < 4.78 is 99.5. The Hall–Kier alpha value is -6.55. The van der Waals surface area contributed by atoms with E-state index < -0.39 is 60.4 Å². The third kappa shape index (κ3) is 7.22. The van der Waals surface area contributed by atoms with Crippen LogP contribution in [0.3, 0.4) is 0 Å². The number of nitrogens with zero attached hydrogens (tertiary/aromatic N) is 4. The summed E-state index contributed by atoms with van der Waals surface area (Å²) in [5, 5.41) is 2.12. The Balaban J connectivity index is 0.00000641. The van der Waals surface area contributed by atoms with E-state index in [1.807, 2.05) is 48.7 Å².